The number of rotatable bonds is 1. The fourth-order valence-corrected chi connectivity index (χ4v) is 2.28. The highest BCUT2D eigenvalue weighted by Crippen LogP contribution is 2.23. The fourth-order valence-electron chi connectivity index (χ4n) is 0.785. The lowest BCUT2D eigenvalue weighted by Crippen LogP contribution is -1.97. The Morgan fingerprint density at radius 2 is 2.00 bits per heavy atom. The molecule has 0 aromatic heterocycles. The van der Waals surface area contributed by atoms with Crippen molar-refractivity contribution in [1.82, 2.24) is 0 Å². The predicted octanol–water partition coefficient (Wildman–Crippen LogP) is 1.40. The Balaban J connectivity index is 3.43. The number of halogens is 1. The van der Waals surface area contributed by atoms with Crippen LogP contribution < -0.4 is 0 Å². The van der Waals surface area contributed by atoms with Crippen LogP contribution in [0.2, 0.25) is 0 Å². The summed E-state index contributed by atoms with van der Waals surface area (Å²) in [5, 5.41) is 9.19. The monoisotopic (exact) mass is 298 g/mol. The summed E-state index contributed by atoms with van der Waals surface area (Å²) < 4.78 is 22.9. The van der Waals surface area contributed by atoms with E-state index in [1.807, 2.05) is 22.6 Å². The molecule has 66 valence electrons. The zero-order chi connectivity index (χ0) is 9.35. The minimum atomic E-state index is -3.31. The molecule has 1 rings (SSSR count). The number of hydrogen-bond acceptors (Lipinski definition) is 3. The van der Waals surface area contributed by atoms with E-state index in [1.165, 1.54) is 12.1 Å². The molecule has 0 aliphatic heterocycles. The molecule has 0 saturated carbocycles. The van der Waals surface area contributed by atoms with Gasteiger partial charge in [-0.15, -0.1) is 0 Å². The van der Waals surface area contributed by atoms with Crippen molar-refractivity contribution in [3.63, 3.8) is 0 Å². The SMILES string of the molecule is CS(=O)(=O)c1cc(I)ccc1O. The van der Waals surface area contributed by atoms with Crippen molar-refractivity contribution in [2.45, 2.75) is 4.90 Å². The molecule has 5 heteroatoms. The Bertz CT molecular complexity index is 397. The maximum atomic E-state index is 11.0. The number of hydrogen-bond donors (Lipinski definition) is 1. The second-order valence-corrected chi connectivity index (χ2v) is 5.61. The molecular weight excluding hydrogens is 291 g/mol. The second kappa shape index (κ2) is 3.21. The van der Waals surface area contributed by atoms with Crippen molar-refractivity contribution in [2.24, 2.45) is 0 Å². The van der Waals surface area contributed by atoms with Gasteiger partial charge in [-0.25, -0.2) is 8.42 Å². The summed E-state index contributed by atoms with van der Waals surface area (Å²) in [5.74, 6) is -0.196. The van der Waals surface area contributed by atoms with E-state index in [-0.39, 0.29) is 10.6 Å². The molecule has 0 atom stereocenters. The van der Waals surface area contributed by atoms with E-state index >= 15 is 0 Å². The first kappa shape index (κ1) is 9.79. The van der Waals surface area contributed by atoms with Gasteiger partial charge in [-0.2, -0.15) is 0 Å². The van der Waals surface area contributed by atoms with Crippen LogP contribution in [0.4, 0.5) is 0 Å². The van der Waals surface area contributed by atoms with Crippen molar-refractivity contribution < 1.29 is 13.5 Å². The summed E-state index contributed by atoms with van der Waals surface area (Å²) in [6.45, 7) is 0. The van der Waals surface area contributed by atoms with Crippen LogP contribution in [-0.2, 0) is 9.84 Å². The van der Waals surface area contributed by atoms with Gasteiger partial charge in [0.1, 0.15) is 10.6 Å². The van der Waals surface area contributed by atoms with Crippen molar-refractivity contribution >= 4 is 32.4 Å². The third-order valence-corrected chi connectivity index (χ3v) is 3.12. The van der Waals surface area contributed by atoms with E-state index in [0.717, 1.165) is 9.83 Å². The van der Waals surface area contributed by atoms with Crippen LogP contribution in [0.25, 0.3) is 0 Å². The minimum Gasteiger partial charge on any atom is -0.507 e. The van der Waals surface area contributed by atoms with Crippen LogP contribution in [0.1, 0.15) is 0 Å². The standard InChI is InChI=1S/C7H7IO3S/c1-12(10,11)7-4-5(8)2-3-6(7)9/h2-4,9H,1H3. The smallest absolute Gasteiger partial charge is 0.179 e. The molecule has 1 aromatic rings. The Morgan fingerprint density at radius 1 is 1.42 bits per heavy atom. The molecule has 1 aromatic carbocycles. The lowest BCUT2D eigenvalue weighted by molar-refractivity contribution is 0.459. The lowest BCUT2D eigenvalue weighted by atomic mass is 10.3. The zero-order valence-corrected chi connectivity index (χ0v) is 9.26. The Morgan fingerprint density at radius 3 is 2.42 bits per heavy atom. The molecule has 0 saturated heterocycles. The summed E-state index contributed by atoms with van der Waals surface area (Å²) in [6, 6.07) is 4.45. The highest BCUT2D eigenvalue weighted by atomic mass is 127. The largest absolute Gasteiger partial charge is 0.507 e. The zero-order valence-electron chi connectivity index (χ0n) is 6.28. The molecule has 0 radical (unpaired) electrons. The number of sulfone groups is 1. The molecule has 1 N–H and O–H groups in total. The molecule has 0 unspecified atom stereocenters. The number of benzene rings is 1. The summed E-state index contributed by atoms with van der Waals surface area (Å²) >= 11 is 1.99. The normalized spacial score (nSPS) is 11.5. The van der Waals surface area contributed by atoms with Crippen molar-refractivity contribution in [2.75, 3.05) is 6.26 Å². The van der Waals surface area contributed by atoms with E-state index in [2.05, 4.69) is 0 Å². The Hall–Kier alpha value is -0.300. The maximum absolute atomic E-state index is 11.0. The summed E-state index contributed by atoms with van der Waals surface area (Å²) in [7, 11) is -3.31. The summed E-state index contributed by atoms with van der Waals surface area (Å²) in [6.07, 6.45) is 1.07. The molecule has 0 bridgehead atoms. The molecule has 0 heterocycles. The van der Waals surface area contributed by atoms with Gasteiger partial charge in [0.2, 0.25) is 0 Å². The summed E-state index contributed by atoms with van der Waals surface area (Å²) in [5.41, 5.74) is 0. The average molecular weight is 298 g/mol. The molecule has 0 aliphatic rings. The van der Waals surface area contributed by atoms with Gasteiger partial charge in [0.25, 0.3) is 0 Å². The van der Waals surface area contributed by atoms with Crippen LogP contribution >= 0.6 is 22.6 Å². The predicted molar refractivity (Wildman–Crippen MR) is 53.9 cm³/mol. The van der Waals surface area contributed by atoms with E-state index in [1.54, 1.807) is 6.07 Å². The van der Waals surface area contributed by atoms with Crippen LogP contribution in [0.15, 0.2) is 23.1 Å². The van der Waals surface area contributed by atoms with Crippen molar-refractivity contribution in [3.8, 4) is 5.75 Å². The first-order valence-electron chi connectivity index (χ1n) is 3.10. The van der Waals surface area contributed by atoms with Gasteiger partial charge in [0.15, 0.2) is 9.84 Å². The quantitative estimate of drug-likeness (QED) is 0.797. The third kappa shape index (κ3) is 2.10. The van der Waals surface area contributed by atoms with Gasteiger partial charge in [-0.3, -0.25) is 0 Å². The first-order valence-corrected chi connectivity index (χ1v) is 6.07. The first-order chi connectivity index (χ1) is 5.41. The van der Waals surface area contributed by atoms with Crippen LogP contribution in [0.5, 0.6) is 5.75 Å². The van der Waals surface area contributed by atoms with Crippen LogP contribution in [-0.4, -0.2) is 19.8 Å². The molecule has 12 heavy (non-hydrogen) atoms. The number of phenolic OH excluding ortho intramolecular Hbond substituents is 1. The highest BCUT2D eigenvalue weighted by molar-refractivity contribution is 14.1. The number of aromatic hydroxyl groups is 1. The highest BCUT2D eigenvalue weighted by Gasteiger charge is 2.12. The molecule has 0 fully saturated rings. The van der Waals surface area contributed by atoms with Gasteiger partial charge in [-0.05, 0) is 40.8 Å². The van der Waals surface area contributed by atoms with E-state index < -0.39 is 9.84 Å². The van der Waals surface area contributed by atoms with Gasteiger partial charge >= 0.3 is 0 Å². The fraction of sp³-hybridized carbons (Fsp3) is 0.143. The maximum Gasteiger partial charge on any atom is 0.179 e. The van der Waals surface area contributed by atoms with Crippen LogP contribution in [0, 0.1) is 3.57 Å². The average Bonchev–Trinajstić information content (AvgIpc) is 1.92. The number of phenols is 1. The Labute approximate surface area is 84.5 Å². The van der Waals surface area contributed by atoms with Gasteiger partial charge in [0.05, 0.1) is 0 Å². The molecule has 0 amide bonds. The van der Waals surface area contributed by atoms with Gasteiger partial charge in [-0.1, -0.05) is 0 Å². The van der Waals surface area contributed by atoms with E-state index in [0.29, 0.717) is 0 Å². The van der Waals surface area contributed by atoms with Gasteiger partial charge in [0, 0.05) is 9.83 Å². The third-order valence-electron chi connectivity index (χ3n) is 1.32. The topological polar surface area (TPSA) is 54.4 Å². The van der Waals surface area contributed by atoms with Crippen molar-refractivity contribution in [1.29, 1.82) is 0 Å². The molecular formula is C7H7IO3S. The molecule has 0 aliphatic carbocycles. The summed E-state index contributed by atoms with van der Waals surface area (Å²) in [4.78, 5) is -0.0191. The van der Waals surface area contributed by atoms with Gasteiger partial charge < -0.3 is 5.11 Å². The second-order valence-electron chi connectivity index (χ2n) is 2.38. The van der Waals surface area contributed by atoms with E-state index in [9.17, 15) is 13.5 Å². The minimum absolute atomic E-state index is 0.0191. The Kier molecular flexibility index (Phi) is 2.62. The lowest BCUT2D eigenvalue weighted by Gasteiger charge is -2.01. The van der Waals surface area contributed by atoms with Crippen LogP contribution in [0.3, 0.4) is 0 Å². The van der Waals surface area contributed by atoms with E-state index in [4.69, 9.17) is 0 Å². The molecule has 3 nitrogen and oxygen atoms in total. The molecule has 0 spiro atoms. The van der Waals surface area contributed by atoms with Crippen molar-refractivity contribution in [3.05, 3.63) is 21.8 Å².